The minimum atomic E-state index is -0.970. The molecule has 250 valence electrons. The van der Waals surface area contributed by atoms with E-state index in [-0.39, 0.29) is 6.61 Å². The molecule has 5 aromatic rings. The fraction of sp³-hybridized carbons (Fsp3) is 0.188. The molecule has 0 atom stereocenters. The van der Waals surface area contributed by atoms with Gasteiger partial charge in [0.25, 0.3) is 5.89 Å². The first-order valence-electron chi connectivity index (χ1n) is 14.1. The number of para-hydroxylation sites is 2. The molecule has 14 nitrogen and oxygen atoms in total. The first-order valence-corrected chi connectivity index (χ1v) is 15.7. The molecular weight excluding hydrogens is 756 g/mol. The summed E-state index contributed by atoms with van der Waals surface area (Å²) in [7, 11) is 4.66. The maximum atomic E-state index is 11.3. The van der Waals surface area contributed by atoms with Crippen molar-refractivity contribution in [3.05, 3.63) is 104 Å². The number of nitrogens with zero attached hydrogens (tertiary/aromatic N) is 5. The average molecular weight is 786 g/mol. The largest absolute Gasteiger partial charge is 0.493 e. The minimum Gasteiger partial charge on any atom is -0.493 e. The lowest BCUT2D eigenvalue weighted by Gasteiger charge is -2.12. The van der Waals surface area contributed by atoms with Gasteiger partial charge in [0, 0.05) is 20.7 Å². The van der Waals surface area contributed by atoms with Crippen molar-refractivity contribution < 1.29 is 33.2 Å². The van der Waals surface area contributed by atoms with E-state index in [1.165, 1.54) is 0 Å². The molecule has 48 heavy (non-hydrogen) atoms. The molecule has 3 aromatic carbocycles. The molecule has 1 N–H and O–H groups in total. The number of carbonyl (C=O) groups excluding carboxylic acids is 1. The fourth-order valence-electron chi connectivity index (χ4n) is 4.24. The third-order valence-corrected chi connectivity index (χ3v) is 7.84. The molecule has 0 radical (unpaired) electrons. The molecule has 0 amide bonds. The molecule has 0 aliphatic rings. The number of nitro groups is 1. The zero-order valence-corrected chi connectivity index (χ0v) is 29.6. The van der Waals surface area contributed by atoms with Crippen LogP contribution in [0.4, 0.5) is 5.69 Å². The average Bonchev–Trinajstić information content (AvgIpc) is 3.73. The normalized spacial score (nSPS) is 10.9. The van der Waals surface area contributed by atoms with Crippen LogP contribution in [0, 0.1) is 17.0 Å². The van der Waals surface area contributed by atoms with E-state index < -0.39 is 16.6 Å². The van der Waals surface area contributed by atoms with E-state index in [0.29, 0.717) is 45.9 Å². The number of anilines is 1. The number of halogens is 2. The highest BCUT2D eigenvalue weighted by Gasteiger charge is 2.23. The van der Waals surface area contributed by atoms with Gasteiger partial charge >= 0.3 is 11.7 Å². The maximum absolute atomic E-state index is 11.3. The van der Waals surface area contributed by atoms with Crippen molar-refractivity contribution in [3.63, 3.8) is 0 Å². The molecule has 0 unspecified atom stereocenters. The summed E-state index contributed by atoms with van der Waals surface area (Å²) in [4.78, 5) is 30.3. The number of hydrogen-bond donors (Lipinski definition) is 1. The number of rotatable bonds is 11. The Hall–Kier alpha value is -5.22. The summed E-state index contributed by atoms with van der Waals surface area (Å²) in [6.07, 6.45) is 2.87. The summed E-state index contributed by atoms with van der Waals surface area (Å²) in [5, 5.41) is 17.5. The van der Waals surface area contributed by atoms with Crippen LogP contribution in [-0.4, -0.2) is 58.5 Å². The van der Waals surface area contributed by atoms with Crippen LogP contribution in [0.2, 0.25) is 0 Å². The van der Waals surface area contributed by atoms with E-state index >= 15 is 0 Å². The summed E-state index contributed by atoms with van der Waals surface area (Å²) in [6.45, 7) is 3.58. The molecule has 0 bridgehead atoms. The standard InChI is InChI=1S/C21H19BrN4O4.C11H11BrN2O4/c1-12-23-15(11-26(12)16-8-6-5-7-14(16)22)21-24-20(25-30-21)13-9-17(27-2)19(29-4)18(10-13)28-3;1-2-18-11(15)10(14(16)17)7-13-9-6-4-3-5-8(9)12/h5-11H,1-4H3;3-7,13H,2H2,1H3/b;10-7-. The lowest BCUT2D eigenvalue weighted by Crippen LogP contribution is -2.16. The molecule has 0 saturated carbocycles. The Labute approximate surface area is 292 Å². The van der Waals surface area contributed by atoms with Crippen molar-refractivity contribution in [1.29, 1.82) is 0 Å². The lowest BCUT2D eigenvalue weighted by atomic mass is 10.1. The first kappa shape index (κ1) is 35.6. The van der Waals surface area contributed by atoms with E-state index in [2.05, 4.69) is 57.0 Å². The third-order valence-electron chi connectivity index (χ3n) is 6.48. The van der Waals surface area contributed by atoms with Crippen LogP contribution in [0.3, 0.4) is 0 Å². The zero-order valence-electron chi connectivity index (χ0n) is 26.4. The molecule has 0 spiro atoms. The molecular formula is C32H30Br2N6O8. The smallest absolute Gasteiger partial charge is 0.411 e. The molecule has 0 saturated heterocycles. The number of methoxy groups -OCH3 is 3. The quantitative estimate of drug-likeness (QED) is 0.0619. The zero-order chi connectivity index (χ0) is 34.8. The molecule has 5 rings (SSSR count). The highest BCUT2D eigenvalue weighted by atomic mass is 79.9. The van der Waals surface area contributed by atoms with Crippen LogP contribution >= 0.6 is 31.9 Å². The van der Waals surface area contributed by atoms with E-state index in [9.17, 15) is 14.9 Å². The van der Waals surface area contributed by atoms with E-state index in [0.717, 1.165) is 26.7 Å². The fourth-order valence-corrected chi connectivity index (χ4v) is 5.11. The molecule has 16 heteroatoms. The summed E-state index contributed by atoms with van der Waals surface area (Å²) in [5.74, 6) is 2.03. The van der Waals surface area contributed by atoms with Gasteiger partial charge in [0.15, 0.2) is 11.5 Å². The number of benzene rings is 3. The summed E-state index contributed by atoms with van der Waals surface area (Å²) in [5.41, 5.74) is 2.18. The van der Waals surface area contributed by atoms with Gasteiger partial charge in [0.2, 0.25) is 11.6 Å². The number of nitrogens with one attached hydrogen (secondary N) is 1. The van der Waals surface area contributed by atoms with Gasteiger partial charge in [-0.2, -0.15) is 4.98 Å². The van der Waals surface area contributed by atoms with Gasteiger partial charge in [0.05, 0.1) is 50.4 Å². The number of aromatic nitrogens is 4. The number of aryl methyl sites for hydroxylation is 1. The van der Waals surface area contributed by atoms with E-state index in [4.69, 9.17) is 18.7 Å². The number of imidazole rings is 1. The number of ether oxygens (including phenoxy) is 4. The Kier molecular flexibility index (Phi) is 12.3. The van der Waals surface area contributed by atoms with Crippen LogP contribution in [0.25, 0.3) is 28.7 Å². The first-order chi connectivity index (χ1) is 23.1. The van der Waals surface area contributed by atoms with Gasteiger partial charge in [-0.25, -0.2) is 9.78 Å². The SMILES string of the molecule is CCOC(=O)/C(=C/Nc1ccccc1Br)[N+](=O)[O-].COc1cc(-c2noc(-c3cn(-c4ccccc4Br)c(C)n3)n2)cc(OC)c1OC. The van der Waals surface area contributed by atoms with Crippen LogP contribution < -0.4 is 19.5 Å². The monoisotopic (exact) mass is 784 g/mol. The number of carbonyl (C=O) groups is 1. The minimum absolute atomic E-state index is 0.0824. The topological polar surface area (TPSA) is 166 Å². The Morgan fingerprint density at radius 3 is 2.23 bits per heavy atom. The van der Waals surface area contributed by atoms with Crippen molar-refractivity contribution in [3.8, 4) is 45.9 Å². The predicted molar refractivity (Wildman–Crippen MR) is 184 cm³/mol. The van der Waals surface area contributed by atoms with Gasteiger partial charge in [-0.3, -0.25) is 10.1 Å². The van der Waals surface area contributed by atoms with Crippen molar-refractivity contribution in [2.24, 2.45) is 0 Å². The summed E-state index contributed by atoms with van der Waals surface area (Å²) >= 11 is 6.85. The second-order valence-corrected chi connectivity index (χ2v) is 11.2. The Morgan fingerprint density at radius 2 is 1.65 bits per heavy atom. The van der Waals surface area contributed by atoms with Crippen LogP contribution in [0.15, 0.2) is 92.2 Å². The van der Waals surface area contributed by atoms with Crippen LogP contribution in [0.5, 0.6) is 17.2 Å². The van der Waals surface area contributed by atoms with Crippen molar-refractivity contribution in [2.75, 3.05) is 33.3 Å². The molecule has 0 aliphatic carbocycles. The number of esters is 1. The van der Waals surface area contributed by atoms with E-state index in [1.54, 1.807) is 64.7 Å². The Balaban J connectivity index is 0.000000248. The van der Waals surface area contributed by atoms with Gasteiger partial charge in [-0.15, -0.1) is 0 Å². The summed E-state index contributed by atoms with van der Waals surface area (Å²) < 4.78 is 29.9. The highest BCUT2D eigenvalue weighted by molar-refractivity contribution is 9.11. The number of hydrogen-bond acceptors (Lipinski definition) is 12. The van der Waals surface area contributed by atoms with Gasteiger partial charge in [-0.05, 0) is 82.1 Å². The third kappa shape index (κ3) is 8.38. The van der Waals surface area contributed by atoms with Crippen molar-refractivity contribution in [1.82, 2.24) is 19.7 Å². The van der Waals surface area contributed by atoms with Crippen LogP contribution in [-0.2, 0) is 9.53 Å². The predicted octanol–water partition coefficient (Wildman–Crippen LogP) is 7.23. The second kappa shape index (κ2) is 16.6. The second-order valence-electron chi connectivity index (χ2n) is 9.46. The van der Waals surface area contributed by atoms with Gasteiger partial charge in [0.1, 0.15) is 11.5 Å². The van der Waals surface area contributed by atoms with Gasteiger partial charge < -0.3 is 33.4 Å². The van der Waals surface area contributed by atoms with E-state index in [1.807, 2.05) is 42.0 Å². The molecule has 2 heterocycles. The highest BCUT2D eigenvalue weighted by Crippen LogP contribution is 2.41. The Morgan fingerprint density at radius 1 is 1.00 bits per heavy atom. The molecule has 0 aliphatic heterocycles. The van der Waals surface area contributed by atoms with Crippen LogP contribution in [0.1, 0.15) is 12.7 Å². The Bertz CT molecular complexity index is 1920. The lowest BCUT2D eigenvalue weighted by molar-refractivity contribution is -0.421. The molecule has 2 aromatic heterocycles. The maximum Gasteiger partial charge on any atom is 0.411 e. The van der Waals surface area contributed by atoms with Gasteiger partial charge in [-0.1, -0.05) is 29.4 Å². The van der Waals surface area contributed by atoms with Crippen molar-refractivity contribution >= 4 is 43.5 Å². The summed E-state index contributed by atoms with van der Waals surface area (Å²) in [6, 6.07) is 18.5. The molecule has 0 fully saturated rings. The van der Waals surface area contributed by atoms with Crippen molar-refractivity contribution in [2.45, 2.75) is 13.8 Å².